The predicted octanol–water partition coefficient (Wildman–Crippen LogP) is 5.33. The van der Waals surface area contributed by atoms with E-state index in [2.05, 4.69) is 46.5 Å². The Labute approximate surface area is 113 Å². The maximum atomic E-state index is 6.48. The minimum Gasteiger partial charge on any atom is -0.689 e. The molecule has 0 atom stereocenters. The number of rotatable bonds is 2. The van der Waals surface area contributed by atoms with Crippen LogP contribution in [0.2, 0.25) is 18.1 Å². The van der Waals surface area contributed by atoms with Crippen LogP contribution < -0.4 is 0 Å². The fraction of sp³-hybridized carbons (Fsp3) is 0.625. The van der Waals surface area contributed by atoms with Crippen LogP contribution in [-0.4, -0.2) is 8.32 Å². The first kappa shape index (κ1) is 13.7. The van der Waals surface area contributed by atoms with Gasteiger partial charge in [0.1, 0.15) is 0 Å². The summed E-state index contributed by atoms with van der Waals surface area (Å²) in [5.41, 5.74) is 4.12. The first-order valence-corrected chi connectivity index (χ1v) is 9.95. The van der Waals surface area contributed by atoms with Crippen molar-refractivity contribution < 1.29 is 4.43 Å². The van der Waals surface area contributed by atoms with Crippen molar-refractivity contribution in [2.75, 3.05) is 0 Å². The summed E-state index contributed by atoms with van der Waals surface area (Å²) in [6.07, 6.45) is 7.14. The van der Waals surface area contributed by atoms with Gasteiger partial charge >= 0.3 is 0 Å². The minimum absolute atomic E-state index is 0.257. The van der Waals surface area contributed by atoms with E-state index in [4.69, 9.17) is 4.43 Å². The van der Waals surface area contributed by atoms with Gasteiger partial charge in [0.25, 0.3) is 0 Å². The zero-order valence-electron chi connectivity index (χ0n) is 12.5. The lowest BCUT2D eigenvalue weighted by atomic mass is 9.92. The first-order chi connectivity index (χ1) is 8.22. The van der Waals surface area contributed by atoms with Crippen LogP contribution in [0.5, 0.6) is 0 Å². The summed E-state index contributed by atoms with van der Waals surface area (Å²) < 4.78 is 6.48. The van der Waals surface area contributed by atoms with Gasteiger partial charge in [-0.3, -0.25) is 0 Å². The highest BCUT2D eigenvalue weighted by Crippen LogP contribution is 2.44. The average Bonchev–Trinajstić information content (AvgIpc) is 2.55. The molecule has 0 N–H and O–H groups in total. The highest BCUT2D eigenvalue weighted by atomic mass is 28.4. The van der Waals surface area contributed by atoms with Gasteiger partial charge in [0.2, 0.25) is 0 Å². The van der Waals surface area contributed by atoms with E-state index in [1.165, 1.54) is 42.4 Å². The van der Waals surface area contributed by atoms with E-state index < -0.39 is 8.32 Å². The summed E-state index contributed by atoms with van der Waals surface area (Å²) in [6.45, 7) is 15.7. The van der Waals surface area contributed by atoms with Gasteiger partial charge in [-0.2, -0.15) is 0 Å². The minimum atomic E-state index is -1.72. The molecular weight excluding hydrogens is 236 g/mol. The quantitative estimate of drug-likeness (QED) is 0.611. The molecule has 0 amide bonds. The fourth-order valence-electron chi connectivity index (χ4n) is 2.38. The molecule has 0 fully saturated rings. The van der Waals surface area contributed by atoms with Gasteiger partial charge in [-0.15, -0.1) is 18.1 Å². The molecule has 0 heterocycles. The average molecular weight is 262 g/mol. The highest BCUT2D eigenvalue weighted by molar-refractivity contribution is 6.74. The molecule has 0 unspecified atom stereocenters. The summed E-state index contributed by atoms with van der Waals surface area (Å²) in [6, 6.07) is 0. The van der Waals surface area contributed by atoms with Crippen LogP contribution in [-0.2, 0) is 4.43 Å². The Kier molecular flexibility index (Phi) is 3.35. The molecule has 0 aliphatic heterocycles. The van der Waals surface area contributed by atoms with E-state index in [0.717, 1.165) is 5.76 Å². The molecule has 0 saturated carbocycles. The molecule has 2 aliphatic carbocycles. The summed E-state index contributed by atoms with van der Waals surface area (Å²) in [5.74, 6) is 1.14. The molecule has 2 aliphatic rings. The lowest BCUT2D eigenvalue weighted by molar-refractivity contribution is 0.389. The third-order valence-electron chi connectivity index (χ3n) is 4.63. The standard InChI is InChI=1S/C16H26OSi/c1-12-11-15(14-10-8-7-9-13(12)14)17-18(5,6)16(2,3)4/h11H,1,7-10H2,2-6H3/q-1. The fourth-order valence-corrected chi connectivity index (χ4v) is 3.42. The van der Waals surface area contributed by atoms with Crippen molar-refractivity contribution in [1.82, 2.24) is 0 Å². The Hall–Kier alpha value is -0.763. The molecule has 0 aromatic heterocycles. The van der Waals surface area contributed by atoms with Crippen LogP contribution in [0, 0.1) is 0 Å². The van der Waals surface area contributed by atoms with Gasteiger partial charge in [0.15, 0.2) is 0 Å². The molecule has 0 spiro atoms. The Morgan fingerprint density at radius 2 is 1.67 bits per heavy atom. The number of hydrogen-bond donors (Lipinski definition) is 0. The monoisotopic (exact) mass is 262 g/mol. The second-order valence-electron chi connectivity index (χ2n) is 7.06. The van der Waals surface area contributed by atoms with Crippen molar-refractivity contribution >= 4 is 8.32 Å². The maximum Gasteiger partial charge on any atom is 0.0764 e. The summed E-state index contributed by atoms with van der Waals surface area (Å²) in [5, 5.41) is 0.257. The molecule has 0 saturated heterocycles. The van der Waals surface area contributed by atoms with Gasteiger partial charge in [-0.25, -0.2) is 0 Å². The normalized spacial score (nSPS) is 20.9. The lowest BCUT2D eigenvalue weighted by Gasteiger charge is -2.49. The Bertz CT molecular complexity index is 433. The Morgan fingerprint density at radius 3 is 2.22 bits per heavy atom. The molecule has 2 rings (SSSR count). The topological polar surface area (TPSA) is 9.23 Å². The number of allylic oxidation sites excluding steroid dienone is 4. The van der Waals surface area contributed by atoms with E-state index >= 15 is 0 Å². The highest BCUT2D eigenvalue weighted by Gasteiger charge is 2.30. The van der Waals surface area contributed by atoms with Crippen LogP contribution in [0.15, 0.2) is 35.1 Å². The van der Waals surface area contributed by atoms with Crippen LogP contribution in [0.25, 0.3) is 0 Å². The summed E-state index contributed by atoms with van der Waals surface area (Å²) in [7, 11) is -1.72. The van der Waals surface area contributed by atoms with E-state index in [0.29, 0.717) is 0 Å². The van der Waals surface area contributed by atoms with Crippen LogP contribution in [0.4, 0.5) is 0 Å². The lowest BCUT2D eigenvalue weighted by Crippen LogP contribution is -2.40. The van der Waals surface area contributed by atoms with Crippen LogP contribution in [0.1, 0.15) is 46.5 Å². The van der Waals surface area contributed by atoms with Crippen molar-refractivity contribution in [2.24, 2.45) is 0 Å². The molecule has 0 aromatic rings. The van der Waals surface area contributed by atoms with Crippen molar-refractivity contribution in [3.63, 3.8) is 0 Å². The van der Waals surface area contributed by atoms with Crippen molar-refractivity contribution in [3.8, 4) is 0 Å². The maximum absolute atomic E-state index is 6.48. The summed E-state index contributed by atoms with van der Waals surface area (Å²) in [4.78, 5) is 0. The smallest absolute Gasteiger partial charge is 0.0764 e. The van der Waals surface area contributed by atoms with E-state index in [-0.39, 0.29) is 5.04 Å². The largest absolute Gasteiger partial charge is 0.689 e. The first-order valence-electron chi connectivity index (χ1n) is 7.05. The molecule has 101 valence electrons. The van der Waals surface area contributed by atoms with Gasteiger partial charge < -0.3 is 4.43 Å². The second kappa shape index (κ2) is 4.41. The molecular formula is C16H26OSi-. The van der Waals surface area contributed by atoms with Gasteiger partial charge in [-0.1, -0.05) is 27.4 Å². The molecule has 0 radical (unpaired) electrons. The molecule has 18 heavy (non-hydrogen) atoms. The Balaban J connectivity index is 2.23. The van der Waals surface area contributed by atoms with Crippen molar-refractivity contribution in [2.45, 2.75) is 64.6 Å². The number of hydrogen-bond acceptors (Lipinski definition) is 1. The predicted molar refractivity (Wildman–Crippen MR) is 81.0 cm³/mol. The van der Waals surface area contributed by atoms with E-state index in [9.17, 15) is 0 Å². The second-order valence-corrected chi connectivity index (χ2v) is 11.8. The SMILES string of the molecule is C=C1C=C(O[Si-](C)(C)C(C)(C)C)C2=C1CCCC2. The van der Waals surface area contributed by atoms with Gasteiger partial charge in [0.05, 0.1) is 5.76 Å². The zero-order chi connectivity index (χ0) is 13.6. The van der Waals surface area contributed by atoms with Crippen LogP contribution in [0.3, 0.4) is 0 Å². The zero-order valence-corrected chi connectivity index (χ0v) is 13.5. The van der Waals surface area contributed by atoms with Gasteiger partial charge in [-0.05, 0) is 48.5 Å². The third kappa shape index (κ3) is 2.35. The van der Waals surface area contributed by atoms with E-state index in [1.807, 2.05) is 0 Å². The Morgan fingerprint density at radius 1 is 1.11 bits per heavy atom. The molecule has 0 bridgehead atoms. The molecule has 1 nitrogen and oxygen atoms in total. The molecule has 0 aromatic carbocycles. The van der Waals surface area contributed by atoms with E-state index in [1.54, 1.807) is 0 Å². The summed E-state index contributed by atoms with van der Waals surface area (Å²) >= 11 is 0. The molecule has 2 heteroatoms. The van der Waals surface area contributed by atoms with Crippen LogP contribution >= 0.6 is 0 Å². The van der Waals surface area contributed by atoms with Gasteiger partial charge in [0, 0.05) is 8.32 Å². The van der Waals surface area contributed by atoms with Crippen molar-refractivity contribution in [3.05, 3.63) is 35.1 Å². The van der Waals surface area contributed by atoms with Crippen molar-refractivity contribution in [1.29, 1.82) is 0 Å². The third-order valence-corrected chi connectivity index (χ3v) is 8.97.